The molecule has 0 bridgehead atoms. The Labute approximate surface area is 148 Å². The van der Waals surface area contributed by atoms with Crippen LogP contribution in [0.25, 0.3) is 0 Å². The predicted octanol–water partition coefficient (Wildman–Crippen LogP) is 2.14. The fourth-order valence-electron chi connectivity index (χ4n) is 3.31. The van der Waals surface area contributed by atoms with Crippen molar-refractivity contribution in [2.45, 2.75) is 64.1 Å². The highest BCUT2D eigenvalue weighted by Gasteiger charge is 2.33. The molecule has 3 unspecified atom stereocenters. The maximum Gasteiger partial charge on any atom is 0.315 e. The number of rotatable bonds is 5. The van der Waals surface area contributed by atoms with E-state index in [1.807, 2.05) is 20.8 Å². The van der Waals surface area contributed by atoms with Crippen molar-refractivity contribution in [1.29, 1.82) is 0 Å². The Hall–Kier alpha value is -1.67. The van der Waals surface area contributed by atoms with E-state index in [9.17, 15) is 4.79 Å². The molecular formula is C17H28N4O4. The average Bonchev–Trinajstić information content (AvgIpc) is 3.23. The minimum Gasteiger partial charge on any atom is -0.381 e. The number of carbonyl (C=O) groups excluding carboxylic acids is 1. The Morgan fingerprint density at radius 1 is 1.20 bits per heavy atom. The topological polar surface area (TPSA) is 98.5 Å². The van der Waals surface area contributed by atoms with Crippen LogP contribution in [-0.4, -0.2) is 48.1 Å². The third-order valence-corrected chi connectivity index (χ3v) is 4.96. The van der Waals surface area contributed by atoms with Gasteiger partial charge in [-0.2, -0.15) is 4.98 Å². The van der Waals surface area contributed by atoms with Crippen LogP contribution in [0.1, 0.15) is 63.7 Å². The lowest BCUT2D eigenvalue weighted by atomic mass is 9.91. The highest BCUT2D eigenvalue weighted by atomic mass is 16.5. The highest BCUT2D eigenvalue weighted by molar-refractivity contribution is 5.74. The second-order valence-corrected chi connectivity index (χ2v) is 7.16. The van der Waals surface area contributed by atoms with E-state index in [1.165, 1.54) is 0 Å². The molecule has 0 saturated carbocycles. The van der Waals surface area contributed by atoms with Crippen LogP contribution in [0, 0.1) is 5.92 Å². The van der Waals surface area contributed by atoms with Crippen molar-refractivity contribution in [2.24, 2.45) is 5.92 Å². The first-order chi connectivity index (χ1) is 12.0. The van der Waals surface area contributed by atoms with E-state index in [4.69, 9.17) is 14.0 Å². The van der Waals surface area contributed by atoms with Gasteiger partial charge in [0.15, 0.2) is 5.82 Å². The van der Waals surface area contributed by atoms with Crippen molar-refractivity contribution >= 4 is 6.03 Å². The number of carbonyl (C=O) groups is 1. The molecule has 8 nitrogen and oxygen atoms in total. The van der Waals surface area contributed by atoms with Gasteiger partial charge in [-0.25, -0.2) is 4.79 Å². The van der Waals surface area contributed by atoms with Gasteiger partial charge in [0.2, 0.25) is 5.89 Å². The van der Waals surface area contributed by atoms with Gasteiger partial charge in [-0.05, 0) is 32.1 Å². The molecule has 1 aromatic rings. The minimum atomic E-state index is -0.304. The molecule has 0 aromatic carbocycles. The number of hydrogen-bond donors (Lipinski definition) is 2. The Morgan fingerprint density at radius 3 is 2.56 bits per heavy atom. The largest absolute Gasteiger partial charge is 0.381 e. The van der Waals surface area contributed by atoms with Crippen LogP contribution in [0.15, 0.2) is 4.52 Å². The van der Waals surface area contributed by atoms with Gasteiger partial charge in [0.25, 0.3) is 0 Å². The molecule has 0 radical (unpaired) electrons. The van der Waals surface area contributed by atoms with Crippen LogP contribution in [0.3, 0.4) is 0 Å². The zero-order valence-electron chi connectivity index (χ0n) is 15.2. The van der Waals surface area contributed by atoms with Crippen molar-refractivity contribution in [3.05, 3.63) is 11.7 Å². The Morgan fingerprint density at radius 2 is 1.96 bits per heavy atom. The maximum atomic E-state index is 12.5. The molecule has 3 atom stereocenters. The van der Waals surface area contributed by atoms with E-state index >= 15 is 0 Å². The first kappa shape index (κ1) is 18.1. The van der Waals surface area contributed by atoms with Crippen LogP contribution in [-0.2, 0) is 9.47 Å². The van der Waals surface area contributed by atoms with Crippen molar-refractivity contribution in [3.8, 4) is 0 Å². The molecule has 2 N–H and O–H groups in total. The van der Waals surface area contributed by atoms with Gasteiger partial charge in [0, 0.05) is 25.7 Å². The van der Waals surface area contributed by atoms with Gasteiger partial charge < -0.3 is 24.6 Å². The van der Waals surface area contributed by atoms with E-state index in [1.54, 1.807) is 0 Å². The van der Waals surface area contributed by atoms with Gasteiger partial charge in [0.05, 0.1) is 12.1 Å². The van der Waals surface area contributed by atoms with Crippen molar-refractivity contribution < 1.29 is 18.8 Å². The number of nitrogens with one attached hydrogen (secondary N) is 2. The van der Waals surface area contributed by atoms with Crippen LogP contribution in [0.5, 0.6) is 0 Å². The summed E-state index contributed by atoms with van der Waals surface area (Å²) in [6.07, 6.45) is 2.57. The van der Waals surface area contributed by atoms with Gasteiger partial charge in [0.1, 0.15) is 6.04 Å². The summed E-state index contributed by atoms with van der Waals surface area (Å²) in [5, 5.41) is 10.1. The van der Waals surface area contributed by atoms with E-state index in [-0.39, 0.29) is 36.1 Å². The molecule has 2 aliphatic heterocycles. The van der Waals surface area contributed by atoms with Crippen LogP contribution in [0.2, 0.25) is 0 Å². The fourth-order valence-corrected chi connectivity index (χ4v) is 3.31. The third kappa shape index (κ3) is 4.49. The molecule has 2 fully saturated rings. The molecule has 2 amide bonds. The molecule has 1 aromatic heterocycles. The summed E-state index contributed by atoms with van der Waals surface area (Å²) in [4.78, 5) is 17.0. The number of nitrogens with zero attached hydrogens (tertiary/aromatic N) is 2. The molecule has 8 heteroatoms. The van der Waals surface area contributed by atoms with Gasteiger partial charge in [-0.1, -0.05) is 19.0 Å². The summed E-state index contributed by atoms with van der Waals surface area (Å²) in [5.41, 5.74) is 0. The molecular weight excluding hydrogens is 324 g/mol. The second kappa shape index (κ2) is 8.14. The summed E-state index contributed by atoms with van der Waals surface area (Å²) in [6.45, 7) is 8.05. The lowest BCUT2D eigenvalue weighted by Gasteiger charge is -2.29. The average molecular weight is 352 g/mol. The fraction of sp³-hybridized carbons (Fsp3) is 0.824. The molecule has 3 rings (SSSR count). The number of urea groups is 1. The number of hydrogen-bond acceptors (Lipinski definition) is 6. The van der Waals surface area contributed by atoms with Crippen LogP contribution < -0.4 is 10.6 Å². The van der Waals surface area contributed by atoms with E-state index in [0.29, 0.717) is 31.5 Å². The smallest absolute Gasteiger partial charge is 0.315 e. The Balaban J connectivity index is 1.70. The summed E-state index contributed by atoms with van der Waals surface area (Å²) in [6, 6.07) is -0.492. The highest BCUT2D eigenvalue weighted by Crippen LogP contribution is 2.30. The standard InChI is InChI=1S/C17H28N4O4/c1-10(2)15-20-16(25-21-15)14(12-4-7-23-8-5-12)19-17(22)18-13-6-9-24-11(13)3/h10-14H,4-9H2,1-3H3,(H2,18,19,22). The summed E-state index contributed by atoms with van der Waals surface area (Å²) >= 11 is 0. The zero-order valence-corrected chi connectivity index (χ0v) is 15.2. The summed E-state index contributed by atoms with van der Waals surface area (Å²) in [5.74, 6) is 1.53. The number of ether oxygens (including phenoxy) is 2. The monoisotopic (exact) mass is 352 g/mol. The SMILES string of the molecule is CC(C)c1noc(C(NC(=O)NC2CCOC2C)C2CCOCC2)n1. The quantitative estimate of drug-likeness (QED) is 0.842. The molecule has 3 heterocycles. The van der Waals surface area contributed by atoms with Crippen molar-refractivity contribution in [3.63, 3.8) is 0 Å². The van der Waals surface area contributed by atoms with Gasteiger partial charge in [-0.15, -0.1) is 0 Å². The summed E-state index contributed by atoms with van der Waals surface area (Å²) < 4.78 is 16.4. The summed E-state index contributed by atoms with van der Waals surface area (Å²) in [7, 11) is 0. The Bertz CT molecular complexity index is 571. The normalized spacial score (nSPS) is 25.9. The van der Waals surface area contributed by atoms with E-state index < -0.39 is 0 Å². The maximum absolute atomic E-state index is 12.5. The molecule has 0 spiro atoms. The minimum absolute atomic E-state index is 0.0308. The molecule has 2 saturated heterocycles. The van der Waals surface area contributed by atoms with Crippen molar-refractivity contribution in [2.75, 3.05) is 19.8 Å². The predicted molar refractivity (Wildman–Crippen MR) is 90.2 cm³/mol. The van der Waals surface area contributed by atoms with Crippen molar-refractivity contribution in [1.82, 2.24) is 20.8 Å². The molecule has 140 valence electrons. The van der Waals surface area contributed by atoms with Gasteiger partial charge >= 0.3 is 6.03 Å². The van der Waals surface area contributed by atoms with E-state index in [2.05, 4.69) is 20.8 Å². The van der Waals surface area contributed by atoms with Crippen LogP contribution >= 0.6 is 0 Å². The number of aromatic nitrogens is 2. The number of amides is 2. The Kier molecular flexibility index (Phi) is 5.90. The zero-order chi connectivity index (χ0) is 17.8. The third-order valence-electron chi connectivity index (χ3n) is 4.96. The molecule has 25 heavy (non-hydrogen) atoms. The lowest BCUT2D eigenvalue weighted by molar-refractivity contribution is 0.0501. The molecule has 2 aliphatic rings. The van der Waals surface area contributed by atoms with Gasteiger partial charge in [-0.3, -0.25) is 0 Å². The molecule has 0 aliphatic carbocycles. The lowest BCUT2D eigenvalue weighted by Crippen LogP contribution is -2.47. The second-order valence-electron chi connectivity index (χ2n) is 7.16. The van der Waals surface area contributed by atoms with E-state index in [0.717, 1.165) is 19.3 Å². The van der Waals surface area contributed by atoms with Crippen LogP contribution in [0.4, 0.5) is 4.79 Å². The first-order valence-corrected chi connectivity index (χ1v) is 9.14. The first-order valence-electron chi connectivity index (χ1n) is 9.14.